The fraction of sp³-hybridized carbons (Fsp3) is 0.167. The van der Waals surface area contributed by atoms with Crippen molar-refractivity contribution in [1.82, 2.24) is 28.9 Å². The molecule has 0 unspecified atom stereocenters. The molecule has 0 saturated carbocycles. The summed E-state index contributed by atoms with van der Waals surface area (Å²) in [5.41, 5.74) is 0.168. The number of hydrogen-bond donors (Lipinski definition) is 1. The standard InChI is InChI=1S/C18H16N6O3/c1-11-19-15(10-23-8-7-16(25)20-18(23)27)24(21-11)14-9-17(26)22(2)13-6-4-3-5-12(13)14/h3-9H,10H2,1-2H3,(H,20,25,27). The average molecular weight is 364 g/mol. The van der Waals surface area contributed by atoms with Gasteiger partial charge in [0, 0.05) is 30.8 Å². The smallest absolute Gasteiger partial charge is 0.311 e. The summed E-state index contributed by atoms with van der Waals surface area (Å²) < 4.78 is 4.45. The first-order valence-electron chi connectivity index (χ1n) is 8.25. The van der Waals surface area contributed by atoms with Gasteiger partial charge in [0.1, 0.15) is 5.82 Å². The number of rotatable bonds is 3. The first-order valence-corrected chi connectivity index (χ1v) is 8.25. The quantitative estimate of drug-likeness (QED) is 0.563. The maximum Gasteiger partial charge on any atom is 0.328 e. The van der Waals surface area contributed by atoms with Crippen LogP contribution in [0.15, 0.2) is 57.0 Å². The van der Waals surface area contributed by atoms with Crippen molar-refractivity contribution in [3.8, 4) is 5.69 Å². The SMILES string of the molecule is Cc1nc(Cn2ccc(=O)[nH]c2=O)n(-c2cc(=O)n(C)c3ccccc23)n1. The third kappa shape index (κ3) is 2.88. The Morgan fingerprint density at radius 3 is 2.67 bits per heavy atom. The molecule has 0 spiro atoms. The highest BCUT2D eigenvalue weighted by molar-refractivity contribution is 5.87. The average Bonchev–Trinajstić information content (AvgIpc) is 3.01. The lowest BCUT2D eigenvalue weighted by Gasteiger charge is -2.12. The number of para-hydroxylation sites is 1. The summed E-state index contributed by atoms with van der Waals surface area (Å²) in [6.45, 7) is 1.83. The summed E-state index contributed by atoms with van der Waals surface area (Å²) in [6, 6.07) is 10.3. The normalized spacial score (nSPS) is 11.2. The molecule has 1 aromatic carbocycles. The van der Waals surface area contributed by atoms with Gasteiger partial charge in [0.05, 0.1) is 17.7 Å². The van der Waals surface area contributed by atoms with Crippen molar-refractivity contribution in [2.24, 2.45) is 7.05 Å². The Balaban J connectivity index is 1.93. The molecule has 1 N–H and O–H groups in total. The van der Waals surface area contributed by atoms with Crippen LogP contribution in [0.4, 0.5) is 0 Å². The summed E-state index contributed by atoms with van der Waals surface area (Å²) in [6.07, 6.45) is 1.40. The van der Waals surface area contributed by atoms with Gasteiger partial charge in [0.2, 0.25) is 0 Å². The van der Waals surface area contributed by atoms with E-state index in [-0.39, 0.29) is 12.1 Å². The lowest BCUT2D eigenvalue weighted by atomic mass is 10.2. The zero-order valence-electron chi connectivity index (χ0n) is 14.7. The van der Waals surface area contributed by atoms with Crippen molar-refractivity contribution in [3.63, 3.8) is 0 Å². The van der Waals surface area contributed by atoms with E-state index in [1.165, 1.54) is 22.9 Å². The number of nitrogens with zero attached hydrogens (tertiary/aromatic N) is 5. The minimum absolute atomic E-state index is 0.0972. The van der Waals surface area contributed by atoms with Crippen LogP contribution < -0.4 is 16.8 Å². The van der Waals surface area contributed by atoms with E-state index in [9.17, 15) is 14.4 Å². The number of nitrogens with one attached hydrogen (secondary N) is 1. The Morgan fingerprint density at radius 1 is 1.11 bits per heavy atom. The Hall–Kier alpha value is -3.75. The van der Waals surface area contributed by atoms with Crippen LogP contribution in [0.2, 0.25) is 0 Å². The molecule has 3 heterocycles. The molecule has 0 saturated heterocycles. The maximum absolute atomic E-state index is 12.4. The molecule has 0 aliphatic rings. The van der Waals surface area contributed by atoms with Crippen LogP contribution in [-0.4, -0.2) is 28.9 Å². The molecule has 0 aliphatic heterocycles. The van der Waals surface area contributed by atoms with E-state index < -0.39 is 11.2 Å². The number of fused-ring (bicyclic) bond motifs is 1. The predicted molar refractivity (Wildman–Crippen MR) is 99.3 cm³/mol. The van der Waals surface area contributed by atoms with E-state index in [2.05, 4.69) is 15.1 Å². The van der Waals surface area contributed by atoms with Crippen LogP contribution in [0, 0.1) is 6.92 Å². The molecule has 0 radical (unpaired) electrons. The van der Waals surface area contributed by atoms with Gasteiger partial charge in [-0.3, -0.25) is 19.1 Å². The number of aryl methyl sites for hydroxylation is 2. The molecule has 0 amide bonds. The number of aromatic nitrogens is 6. The minimum atomic E-state index is -0.538. The van der Waals surface area contributed by atoms with Crippen LogP contribution in [0.1, 0.15) is 11.6 Å². The van der Waals surface area contributed by atoms with Gasteiger partial charge in [0.15, 0.2) is 5.82 Å². The Bertz CT molecular complexity index is 1340. The summed E-state index contributed by atoms with van der Waals surface area (Å²) >= 11 is 0. The van der Waals surface area contributed by atoms with E-state index in [1.807, 2.05) is 24.3 Å². The zero-order valence-corrected chi connectivity index (χ0v) is 14.7. The van der Waals surface area contributed by atoms with E-state index in [0.29, 0.717) is 17.3 Å². The molecular formula is C18H16N6O3. The van der Waals surface area contributed by atoms with E-state index >= 15 is 0 Å². The Kier molecular flexibility index (Phi) is 3.84. The van der Waals surface area contributed by atoms with Crippen LogP contribution in [0.5, 0.6) is 0 Å². The second-order valence-electron chi connectivity index (χ2n) is 6.17. The largest absolute Gasteiger partial charge is 0.328 e. The van der Waals surface area contributed by atoms with Gasteiger partial charge in [0.25, 0.3) is 11.1 Å². The molecule has 3 aromatic heterocycles. The van der Waals surface area contributed by atoms with Gasteiger partial charge in [-0.15, -0.1) is 0 Å². The zero-order chi connectivity index (χ0) is 19.1. The van der Waals surface area contributed by atoms with Crippen LogP contribution in [0.25, 0.3) is 16.6 Å². The first-order chi connectivity index (χ1) is 12.9. The highest BCUT2D eigenvalue weighted by atomic mass is 16.2. The lowest BCUT2D eigenvalue weighted by Crippen LogP contribution is -2.29. The third-order valence-corrected chi connectivity index (χ3v) is 4.35. The molecular weight excluding hydrogens is 348 g/mol. The summed E-state index contributed by atoms with van der Waals surface area (Å²) in [5.74, 6) is 0.979. The van der Waals surface area contributed by atoms with Crippen molar-refractivity contribution in [2.45, 2.75) is 13.5 Å². The van der Waals surface area contributed by atoms with Crippen LogP contribution >= 0.6 is 0 Å². The lowest BCUT2D eigenvalue weighted by molar-refractivity contribution is 0.661. The number of pyridine rings is 1. The van der Waals surface area contributed by atoms with Crippen molar-refractivity contribution in [1.29, 1.82) is 0 Å². The molecule has 4 aromatic rings. The second kappa shape index (κ2) is 6.20. The van der Waals surface area contributed by atoms with Gasteiger partial charge >= 0.3 is 5.69 Å². The fourth-order valence-corrected chi connectivity index (χ4v) is 3.04. The molecule has 4 rings (SSSR count). The molecule has 0 aliphatic carbocycles. The highest BCUT2D eigenvalue weighted by Gasteiger charge is 2.15. The van der Waals surface area contributed by atoms with Crippen molar-refractivity contribution >= 4 is 10.9 Å². The Morgan fingerprint density at radius 2 is 1.89 bits per heavy atom. The van der Waals surface area contributed by atoms with Gasteiger partial charge < -0.3 is 4.57 Å². The Labute approximate surface area is 152 Å². The monoisotopic (exact) mass is 364 g/mol. The van der Waals surface area contributed by atoms with Crippen LogP contribution in [0.3, 0.4) is 0 Å². The highest BCUT2D eigenvalue weighted by Crippen LogP contribution is 2.21. The summed E-state index contributed by atoms with van der Waals surface area (Å²) in [7, 11) is 1.71. The number of hydrogen-bond acceptors (Lipinski definition) is 5. The van der Waals surface area contributed by atoms with Crippen LogP contribution in [-0.2, 0) is 13.6 Å². The van der Waals surface area contributed by atoms with E-state index in [0.717, 1.165) is 10.9 Å². The number of H-pyrrole nitrogens is 1. The van der Waals surface area contributed by atoms with Gasteiger partial charge in [-0.25, -0.2) is 14.5 Å². The molecule has 136 valence electrons. The predicted octanol–water partition coefficient (Wildman–Crippen LogP) is 0.326. The summed E-state index contributed by atoms with van der Waals surface area (Å²) in [4.78, 5) is 42.3. The van der Waals surface area contributed by atoms with Gasteiger partial charge in [-0.2, -0.15) is 5.10 Å². The van der Waals surface area contributed by atoms with Crippen molar-refractivity contribution < 1.29 is 0 Å². The second-order valence-corrected chi connectivity index (χ2v) is 6.17. The molecule has 0 atom stereocenters. The molecule has 9 nitrogen and oxygen atoms in total. The van der Waals surface area contributed by atoms with Gasteiger partial charge in [-0.05, 0) is 13.0 Å². The van der Waals surface area contributed by atoms with E-state index in [4.69, 9.17) is 0 Å². The van der Waals surface area contributed by atoms with E-state index in [1.54, 1.807) is 23.2 Å². The molecule has 9 heteroatoms. The topological polar surface area (TPSA) is 108 Å². The number of benzene rings is 1. The maximum atomic E-state index is 12.4. The summed E-state index contributed by atoms with van der Waals surface area (Å²) in [5, 5.41) is 5.25. The molecule has 0 bridgehead atoms. The fourth-order valence-electron chi connectivity index (χ4n) is 3.04. The first kappa shape index (κ1) is 16.7. The number of aromatic amines is 1. The van der Waals surface area contributed by atoms with Gasteiger partial charge in [-0.1, -0.05) is 18.2 Å². The van der Waals surface area contributed by atoms with Crippen molar-refractivity contribution in [2.75, 3.05) is 0 Å². The molecule has 27 heavy (non-hydrogen) atoms. The molecule has 0 fully saturated rings. The minimum Gasteiger partial charge on any atom is -0.311 e. The third-order valence-electron chi connectivity index (χ3n) is 4.35. The van der Waals surface area contributed by atoms with Crippen molar-refractivity contribution in [3.05, 3.63) is 85.4 Å².